The molecule has 1 aromatic heterocycles. The summed E-state index contributed by atoms with van der Waals surface area (Å²) in [5, 5.41) is 10.6. The molecule has 6 nitrogen and oxygen atoms in total. The van der Waals surface area contributed by atoms with Gasteiger partial charge in [-0.05, 0) is 32.4 Å². The molecule has 1 aliphatic heterocycles. The Morgan fingerprint density at radius 1 is 1.65 bits per heavy atom. The number of aryl methyl sites for hydroxylation is 2. The van der Waals surface area contributed by atoms with Crippen molar-refractivity contribution in [3.63, 3.8) is 0 Å². The Balaban J connectivity index is 0.00000200. The summed E-state index contributed by atoms with van der Waals surface area (Å²) in [6.07, 6.45) is 2.13. The van der Waals surface area contributed by atoms with E-state index in [-0.39, 0.29) is 23.9 Å². The highest BCUT2D eigenvalue weighted by Gasteiger charge is 2.34. The smallest absolute Gasteiger partial charge is 0.271 e. The van der Waals surface area contributed by atoms with Gasteiger partial charge in [-0.3, -0.25) is 9.48 Å². The molecule has 2 heterocycles. The average Bonchev–Trinajstić information content (AvgIpc) is 2.96. The minimum atomic E-state index is -0.132. The summed E-state index contributed by atoms with van der Waals surface area (Å²) in [6.45, 7) is 4.07. The summed E-state index contributed by atoms with van der Waals surface area (Å²) in [4.78, 5) is 12.1. The van der Waals surface area contributed by atoms with Crippen LogP contribution in [0.15, 0.2) is 6.07 Å². The average molecular weight is 303 g/mol. The van der Waals surface area contributed by atoms with Crippen molar-refractivity contribution in [1.82, 2.24) is 20.4 Å². The number of hydrogen-bond acceptors (Lipinski definition) is 4. The number of carbonyl (C=O) groups excluding carboxylic acids is 1. The number of methoxy groups -OCH3 is 1. The molecule has 1 unspecified atom stereocenters. The number of rotatable bonds is 5. The van der Waals surface area contributed by atoms with Gasteiger partial charge in [0.2, 0.25) is 0 Å². The van der Waals surface area contributed by atoms with Gasteiger partial charge >= 0.3 is 0 Å². The molecule has 1 amide bonds. The highest BCUT2D eigenvalue weighted by molar-refractivity contribution is 5.92. The van der Waals surface area contributed by atoms with E-state index in [2.05, 4.69) is 15.7 Å². The first kappa shape index (κ1) is 16.9. The first-order valence-electron chi connectivity index (χ1n) is 6.59. The molecule has 1 aliphatic rings. The number of ether oxygens (including phenoxy) is 1. The van der Waals surface area contributed by atoms with Gasteiger partial charge in [0.15, 0.2) is 0 Å². The van der Waals surface area contributed by atoms with Crippen molar-refractivity contribution in [1.29, 1.82) is 0 Å². The van der Waals surface area contributed by atoms with Gasteiger partial charge in [-0.25, -0.2) is 0 Å². The predicted octanol–water partition coefficient (Wildman–Crippen LogP) is 0.649. The maximum absolute atomic E-state index is 12.1. The lowest BCUT2D eigenvalue weighted by Gasteiger charge is -2.28. The van der Waals surface area contributed by atoms with E-state index in [0.29, 0.717) is 18.8 Å². The van der Waals surface area contributed by atoms with Crippen LogP contribution in [0.2, 0.25) is 0 Å². The lowest BCUT2D eigenvalue weighted by Crippen LogP contribution is -2.53. The van der Waals surface area contributed by atoms with Crippen molar-refractivity contribution in [2.45, 2.75) is 25.3 Å². The lowest BCUT2D eigenvalue weighted by molar-refractivity contribution is 0.0887. The van der Waals surface area contributed by atoms with Crippen molar-refractivity contribution in [2.24, 2.45) is 7.05 Å². The molecular formula is C13H23ClN4O2. The molecule has 1 aromatic rings. The van der Waals surface area contributed by atoms with E-state index >= 15 is 0 Å². The molecule has 2 rings (SSSR count). The van der Waals surface area contributed by atoms with Gasteiger partial charge in [0.05, 0.1) is 12.1 Å². The van der Waals surface area contributed by atoms with Crippen LogP contribution in [0.5, 0.6) is 0 Å². The monoisotopic (exact) mass is 302 g/mol. The van der Waals surface area contributed by atoms with Gasteiger partial charge < -0.3 is 15.4 Å². The zero-order chi connectivity index (χ0) is 13.9. The third-order valence-corrected chi connectivity index (χ3v) is 3.69. The van der Waals surface area contributed by atoms with E-state index in [9.17, 15) is 4.79 Å². The van der Waals surface area contributed by atoms with Crippen molar-refractivity contribution < 1.29 is 9.53 Å². The fourth-order valence-electron chi connectivity index (χ4n) is 2.48. The first-order valence-corrected chi connectivity index (χ1v) is 6.59. The first-order chi connectivity index (χ1) is 9.06. The lowest BCUT2D eigenvalue weighted by atomic mass is 9.98. The van der Waals surface area contributed by atoms with Gasteiger partial charge in [-0.1, -0.05) is 0 Å². The number of nitrogens with zero attached hydrogens (tertiary/aromatic N) is 2. The number of hydrogen-bond donors (Lipinski definition) is 2. The Labute approximate surface area is 125 Å². The number of halogens is 1. The van der Waals surface area contributed by atoms with Gasteiger partial charge in [-0.2, -0.15) is 5.10 Å². The molecular weight excluding hydrogens is 280 g/mol. The van der Waals surface area contributed by atoms with Crippen LogP contribution in [0.1, 0.15) is 29.0 Å². The Bertz CT molecular complexity index is 436. The van der Waals surface area contributed by atoms with E-state index in [0.717, 1.165) is 25.1 Å². The molecule has 0 saturated carbocycles. The summed E-state index contributed by atoms with van der Waals surface area (Å²) in [6, 6.07) is 1.79. The van der Waals surface area contributed by atoms with Crippen LogP contribution in [-0.4, -0.2) is 48.0 Å². The fraction of sp³-hybridized carbons (Fsp3) is 0.692. The van der Waals surface area contributed by atoms with Gasteiger partial charge in [0, 0.05) is 26.4 Å². The van der Waals surface area contributed by atoms with Crippen molar-refractivity contribution in [3.05, 3.63) is 17.5 Å². The van der Waals surface area contributed by atoms with Gasteiger partial charge in [0.1, 0.15) is 5.69 Å². The Hall–Kier alpha value is -1.11. The molecule has 0 radical (unpaired) electrons. The van der Waals surface area contributed by atoms with Crippen LogP contribution < -0.4 is 10.6 Å². The SMILES string of the molecule is COCC1(CNC(=O)c2cc(C)n(C)n2)CCCN1.Cl. The van der Waals surface area contributed by atoms with Crippen LogP contribution in [0.3, 0.4) is 0 Å². The molecule has 7 heteroatoms. The maximum Gasteiger partial charge on any atom is 0.271 e. The van der Waals surface area contributed by atoms with Crippen LogP contribution in [0.25, 0.3) is 0 Å². The summed E-state index contributed by atoms with van der Waals surface area (Å²) < 4.78 is 6.96. The minimum Gasteiger partial charge on any atom is -0.383 e. The normalized spacial score (nSPS) is 21.6. The zero-order valence-electron chi connectivity index (χ0n) is 12.2. The van der Waals surface area contributed by atoms with E-state index in [1.165, 1.54) is 0 Å². The number of aromatic nitrogens is 2. The second-order valence-electron chi connectivity index (χ2n) is 5.22. The van der Waals surface area contributed by atoms with Gasteiger partial charge in [-0.15, -0.1) is 12.4 Å². The van der Waals surface area contributed by atoms with Crippen LogP contribution in [0, 0.1) is 6.92 Å². The molecule has 2 N–H and O–H groups in total. The van der Waals surface area contributed by atoms with Gasteiger partial charge in [0.25, 0.3) is 5.91 Å². The number of nitrogens with one attached hydrogen (secondary N) is 2. The molecule has 1 atom stereocenters. The number of amides is 1. The van der Waals surface area contributed by atoms with E-state index < -0.39 is 0 Å². The summed E-state index contributed by atoms with van der Waals surface area (Å²) in [5.74, 6) is -0.132. The molecule has 1 saturated heterocycles. The predicted molar refractivity (Wildman–Crippen MR) is 79.4 cm³/mol. The second kappa shape index (κ2) is 7.06. The highest BCUT2D eigenvalue weighted by Crippen LogP contribution is 2.18. The van der Waals surface area contributed by atoms with Crippen molar-refractivity contribution in [2.75, 3.05) is 26.8 Å². The highest BCUT2D eigenvalue weighted by atomic mass is 35.5. The zero-order valence-corrected chi connectivity index (χ0v) is 13.0. The van der Waals surface area contributed by atoms with Crippen LogP contribution in [-0.2, 0) is 11.8 Å². The third kappa shape index (κ3) is 3.71. The summed E-state index contributed by atoms with van der Waals surface area (Å²) in [5.41, 5.74) is 1.30. The van der Waals surface area contributed by atoms with E-state index in [1.807, 2.05) is 14.0 Å². The molecule has 1 fully saturated rings. The largest absolute Gasteiger partial charge is 0.383 e. The molecule has 114 valence electrons. The maximum atomic E-state index is 12.1. The van der Waals surface area contributed by atoms with E-state index in [1.54, 1.807) is 17.9 Å². The topological polar surface area (TPSA) is 68.2 Å². The molecule has 0 aliphatic carbocycles. The molecule has 0 spiro atoms. The molecule has 20 heavy (non-hydrogen) atoms. The minimum absolute atomic E-state index is 0. The van der Waals surface area contributed by atoms with Crippen LogP contribution >= 0.6 is 12.4 Å². The summed E-state index contributed by atoms with van der Waals surface area (Å²) in [7, 11) is 3.52. The summed E-state index contributed by atoms with van der Waals surface area (Å²) >= 11 is 0. The third-order valence-electron chi connectivity index (χ3n) is 3.69. The quantitative estimate of drug-likeness (QED) is 0.838. The van der Waals surface area contributed by atoms with Crippen molar-refractivity contribution in [3.8, 4) is 0 Å². The van der Waals surface area contributed by atoms with E-state index in [4.69, 9.17) is 4.74 Å². The van der Waals surface area contributed by atoms with Crippen LogP contribution in [0.4, 0.5) is 0 Å². The molecule has 0 aromatic carbocycles. The molecule has 0 bridgehead atoms. The second-order valence-corrected chi connectivity index (χ2v) is 5.22. The standard InChI is InChI=1S/C13H22N4O2.ClH/c1-10-7-11(16-17(10)2)12(18)14-8-13(9-19-3)5-4-6-15-13;/h7,15H,4-6,8-9H2,1-3H3,(H,14,18);1H. The van der Waals surface area contributed by atoms with Crippen molar-refractivity contribution >= 4 is 18.3 Å². The Morgan fingerprint density at radius 3 is 2.90 bits per heavy atom. The Kier molecular flexibility index (Phi) is 5.98. The Morgan fingerprint density at radius 2 is 2.40 bits per heavy atom. The fourth-order valence-corrected chi connectivity index (χ4v) is 2.48. The number of carbonyl (C=O) groups is 1.